The summed E-state index contributed by atoms with van der Waals surface area (Å²) in [5.74, 6) is 2.03. The molecule has 3 rings (SSSR count). The van der Waals surface area contributed by atoms with Crippen molar-refractivity contribution < 1.29 is 9.26 Å². The third kappa shape index (κ3) is 6.18. The van der Waals surface area contributed by atoms with Gasteiger partial charge in [0.1, 0.15) is 12.4 Å². The van der Waals surface area contributed by atoms with Crippen LogP contribution in [0.25, 0.3) is 12.2 Å². The minimum absolute atomic E-state index is 0. The van der Waals surface area contributed by atoms with E-state index >= 15 is 0 Å². The number of nitrogens with zero attached hydrogens (tertiary/aromatic N) is 3. The van der Waals surface area contributed by atoms with Gasteiger partial charge in [0.25, 0.3) is 5.89 Å². The first-order valence-electron chi connectivity index (χ1n) is 8.74. The maximum Gasteiger partial charge on any atom is 0.250 e. The minimum Gasteiger partial charge on any atom is -0.492 e. The Labute approximate surface area is 155 Å². The Morgan fingerprint density at radius 2 is 1.88 bits per heavy atom. The van der Waals surface area contributed by atoms with Gasteiger partial charge in [-0.3, -0.25) is 4.90 Å². The molecular weight excluding hydrogens is 338 g/mol. The molecule has 5 nitrogen and oxygen atoms in total. The number of aryl methyl sites for hydroxylation is 1. The van der Waals surface area contributed by atoms with Crippen LogP contribution in [0, 0.1) is 6.92 Å². The fourth-order valence-electron chi connectivity index (χ4n) is 2.94. The van der Waals surface area contributed by atoms with Crippen LogP contribution in [0.3, 0.4) is 0 Å². The molecule has 2 aromatic rings. The van der Waals surface area contributed by atoms with Crippen LogP contribution in [0.15, 0.2) is 28.8 Å². The molecule has 0 radical (unpaired) electrons. The lowest BCUT2D eigenvalue weighted by molar-refractivity contribution is 0.214. The molecule has 0 atom stereocenters. The molecule has 25 heavy (non-hydrogen) atoms. The number of halogens is 1. The van der Waals surface area contributed by atoms with Crippen LogP contribution in [0.4, 0.5) is 0 Å². The second-order valence-corrected chi connectivity index (χ2v) is 6.16. The zero-order valence-corrected chi connectivity index (χ0v) is 15.5. The molecule has 1 fully saturated rings. The van der Waals surface area contributed by atoms with E-state index in [4.69, 9.17) is 9.26 Å². The Balaban J connectivity index is 0.00000225. The summed E-state index contributed by atoms with van der Waals surface area (Å²) in [5, 5.41) is 3.79. The van der Waals surface area contributed by atoms with Gasteiger partial charge in [-0.25, -0.2) is 0 Å². The number of ether oxygens (including phenoxy) is 1. The van der Waals surface area contributed by atoms with E-state index < -0.39 is 0 Å². The molecule has 0 saturated carbocycles. The van der Waals surface area contributed by atoms with E-state index in [1.54, 1.807) is 6.92 Å². The van der Waals surface area contributed by atoms with Gasteiger partial charge in [-0.05, 0) is 45.0 Å². The molecule has 0 aliphatic carbocycles. The summed E-state index contributed by atoms with van der Waals surface area (Å²) in [5.41, 5.74) is 1.02. The minimum atomic E-state index is 0. The van der Waals surface area contributed by atoms with Crippen LogP contribution < -0.4 is 4.74 Å². The van der Waals surface area contributed by atoms with Crippen molar-refractivity contribution in [2.24, 2.45) is 0 Å². The monoisotopic (exact) mass is 363 g/mol. The second kappa shape index (κ2) is 10.2. The average Bonchev–Trinajstić information content (AvgIpc) is 2.84. The summed E-state index contributed by atoms with van der Waals surface area (Å²) in [6, 6.07) is 8.03. The van der Waals surface area contributed by atoms with Crippen molar-refractivity contribution in [2.45, 2.75) is 32.6 Å². The van der Waals surface area contributed by atoms with E-state index in [-0.39, 0.29) is 12.4 Å². The number of rotatable bonds is 6. The van der Waals surface area contributed by atoms with Gasteiger partial charge in [-0.2, -0.15) is 4.98 Å². The van der Waals surface area contributed by atoms with Gasteiger partial charge < -0.3 is 9.26 Å². The van der Waals surface area contributed by atoms with Crippen LogP contribution in [0.2, 0.25) is 0 Å². The van der Waals surface area contributed by atoms with E-state index in [1.165, 1.54) is 38.8 Å². The first kappa shape index (κ1) is 19.5. The zero-order chi connectivity index (χ0) is 16.6. The molecule has 1 aliphatic rings. The van der Waals surface area contributed by atoms with Crippen LogP contribution in [0.1, 0.15) is 43.0 Å². The van der Waals surface area contributed by atoms with E-state index in [2.05, 4.69) is 15.0 Å². The van der Waals surface area contributed by atoms with Gasteiger partial charge >= 0.3 is 0 Å². The number of hydrogen-bond acceptors (Lipinski definition) is 5. The molecule has 0 amide bonds. The Morgan fingerprint density at radius 1 is 1.12 bits per heavy atom. The normalized spacial score (nSPS) is 15.7. The Bertz CT molecular complexity index is 664. The van der Waals surface area contributed by atoms with Gasteiger partial charge in [0, 0.05) is 18.2 Å². The molecule has 0 spiro atoms. The van der Waals surface area contributed by atoms with Crippen LogP contribution in [-0.2, 0) is 0 Å². The molecule has 1 aromatic heterocycles. The summed E-state index contributed by atoms with van der Waals surface area (Å²) in [6.07, 6.45) is 9.11. The molecule has 2 heterocycles. The first-order valence-corrected chi connectivity index (χ1v) is 8.74. The van der Waals surface area contributed by atoms with Crippen molar-refractivity contribution in [3.8, 4) is 5.75 Å². The number of likely N-dealkylation sites (tertiary alicyclic amines) is 1. The fraction of sp³-hybridized carbons (Fsp3) is 0.474. The Kier molecular flexibility index (Phi) is 7.95. The van der Waals surface area contributed by atoms with E-state index in [9.17, 15) is 0 Å². The van der Waals surface area contributed by atoms with Crippen LogP contribution in [0.5, 0.6) is 5.75 Å². The van der Waals surface area contributed by atoms with Crippen molar-refractivity contribution in [3.63, 3.8) is 0 Å². The summed E-state index contributed by atoms with van der Waals surface area (Å²) in [6.45, 7) is 5.90. The van der Waals surface area contributed by atoms with Crippen molar-refractivity contribution in [1.82, 2.24) is 15.0 Å². The SMILES string of the molecule is Cc1noc(C=Cc2ccccc2OCCN2CCCCCC2)n1.Cl. The molecule has 1 aliphatic heterocycles. The highest BCUT2D eigenvalue weighted by Crippen LogP contribution is 2.20. The highest BCUT2D eigenvalue weighted by atomic mass is 35.5. The lowest BCUT2D eigenvalue weighted by Crippen LogP contribution is -2.29. The average molecular weight is 364 g/mol. The van der Waals surface area contributed by atoms with E-state index in [0.29, 0.717) is 18.3 Å². The van der Waals surface area contributed by atoms with Crippen LogP contribution >= 0.6 is 12.4 Å². The van der Waals surface area contributed by atoms with Gasteiger partial charge in [0.05, 0.1) is 0 Å². The summed E-state index contributed by atoms with van der Waals surface area (Å²) in [4.78, 5) is 6.68. The van der Waals surface area contributed by atoms with E-state index in [1.807, 2.05) is 36.4 Å². The number of benzene rings is 1. The lowest BCUT2D eigenvalue weighted by atomic mass is 10.2. The predicted molar refractivity (Wildman–Crippen MR) is 102 cm³/mol. The standard InChI is InChI=1S/C19H25N3O2.ClH/c1-16-20-19(24-21-16)11-10-17-8-4-5-9-18(17)23-15-14-22-12-6-2-3-7-13-22;/h4-5,8-11H,2-3,6-7,12-15H2,1H3;1H. The molecule has 1 aromatic carbocycles. The third-order valence-electron chi connectivity index (χ3n) is 4.23. The van der Waals surface area contributed by atoms with Crippen LogP contribution in [-0.4, -0.2) is 41.3 Å². The lowest BCUT2D eigenvalue weighted by Gasteiger charge is -2.20. The van der Waals surface area contributed by atoms with Gasteiger partial charge in [-0.1, -0.05) is 36.2 Å². The molecule has 1 saturated heterocycles. The Hall–Kier alpha value is -1.85. The second-order valence-electron chi connectivity index (χ2n) is 6.16. The fourth-order valence-corrected chi connectivity index (χ4v) is 2.94. The van der Waals surface area contributed by atoms with Crippen molar-refractivity contribution in [3.05, 3.63) is 41.5 Å². The summed E-state index contributed by atoms with van der Waals surface area (Å²) in [7, 11) is 0. The first-order chi connectivity index (χ1) is 11.8. The molecule has 6 heteroatoms. The number of hydrogen-bond donors (Lipinski definition) is 0. The quantitative estimate of drug-likeness (QED) is 0.768. The maximum absolute atomic E-state index is 6.01. The van der Waals surface area contributed by atoms with Gasteiger partial charge in [0.15, 0.2) is 5.82 Å². The highest BCUT2D eigenvalue weighted by Gasteiger charge is 2.09. The van der Waals surface area contributed by atoms with Gasteiger partial charge in [-0.15, -0.1) is 12.4 Å². The molecular formula is C19H26ClN3O2. The Morgan fingerprint density at radius 3 is 2.60 bits per heavy atom. The summed E-state index contributed by atoms with van der Waals surface area (Å²) >= 11 is 0. The maximum atomic E-state index is 6.01. The van der Waals surface area contributed by atoms with Crippen molar-refractivity contribution in [1.29, 1.82) is 0 Å². The smallest absolute Gasteiger partial charge is 0.250 e. The largest absolute Gasteiger partial charge is 0.492 e. The highest BCUT2D eigenvalue weighted by molar-refractivity contribution is 5.85. The molecule has 0 bridgehead atoms. The zero-order valence-electron chi connectivity index (χ0n) is 14.7. The van der Waals surface area contributed by atoms with E-state index in [0.717, 1.165) is 17.9 Å². The number of para-hydroxylation sites is 1. The number of aromatic nitrogens is 2. The molecule has 0 N–H and O–H groups in total. The van der Waals surface area contributed by atoms with Crippen molar-refractivity contribution in [2.75, 3.05) is 26.2 Å². The van der Waals surface area contributed by atoms with Crippen molar-refractivity contribution >= 4 is 24.6 Å². The summed E-state index contributed by atoms with van der Waals surface area (Å²) < 4.78 is 11.1. The van der Waals surface area contributed by atoms with Gasteiger partial charge in [0.2, 0.25) is 0 Å². The predicted octanol–water partition coefficient (Wildman–Crippen LogP) is 4.23. The molecule has 0 unspecified atom stereocenters. The molecule has 136 valence electrons. The topological polar surface area (TPSA) is 51.4 Å². The third-order valence-corrected chi connectivity index (χ3v) is 4.23.